The average Bonchev–Trinajstić information content (AvgIpc) is 2.72. The average molecular weight is 489 g/mol. The van der Waals surface area contributed by atoms with Gasteiger partial charge in [-0.05, 0) is 46.7 Å². The molecule has 3 amide bonds. The minimum absolute atomic E-state index is 0. The van der Waals surface area contributed by atoms with Gasteiger partial charge in [0.2, 0.25) is 17.7 Å². The Labute approximate surface area is 216 Å². The molecule has 0 aliphatic carbocycles. The quantitative estimate of drug-likeness (QED) is 0.353. The number of Topliss-reactive ketones (excluding diaryl/α,β-unsaturated/α-hetero) is 1. The fraction of sp³-hybridized carbons (Fsp3) is 0.833. The van der Waals surface area contributed by atoms with Crippen molar-refractivity contribution in [3.05, 3.63) is 0 Å². The van der Waals surface area contributed by atoms with E-state index in [9.17, 15) is 19.2 Å². The molecule has 0 aliphatic heterocycles. The zero-order valence-electron chi connectivity index (χ0n) is 25.6. The Kier molecular flexibility index (Phi) is 30.8. The van der Waals surface area contributed by atoms with Crippen molar-refractivity contribution in [3.63, 3.8) is 0 Å². The number of rotatable bonds is 8. The number of hydrogen-bond donors (Lipinski definition) is 3. The van der Waals surface area contributed by atoms with Crippen LogP contribution in [0.5, 0.6) is 0 Å². The van der Waals surface area contributed by atoms with Crippen LogP contribution >= 0.6 is 0 Å². The smallest absolute Gasteiger partial charge is 1.00 e. The van der Waals surface area contributed by atoms with Gasteiger partial charge in [0, 0.05) is 59.4 Å². The van der Waals surface area contributed by atoms with Crippen molar-refractivity contribution >= 4 is 33.6 Å². The van der Waals surface area contributed by atoms with E-state index in [2.05, 4.69) is 16.8 Å². The zero-order chi connectivity index (χ0) is 26.9. The summed E-state index contributed by atoms with van der Waals surface area (Å²) in [5.41, 5.74) is 8.38. The molecule has 0 spiro atoms. The second-order valence-corrected chi connectivity index (χ2v) is 8.57. The third-order valence-corrected chi connectivity index (χ3v) is 6.02. The van der Waals surface area contributed by atoms with E-state index in [1.54, 1.807) is 44.8 Å². The van der Waals surface area contributed by atoms with Crippen LogP contribution in [0.1, 0.15) is 78.5 Å². The normalized spacial score (nSPS) is 10.4. The Bertz CT molecular complexity index is 549. The molecule has 1 unspecified atom stereocenters. The molecule has 0 fully saturated rings. The topological polar surface area (TPSA) is 139 Å². The molecule has 0 saturated heterocycles. The first-order valence-electron chi connectivity index (χ1n) is 10.8. The second-order valence-electron chi connectivity index (χ2n) is 8.57. The van der Waals surface area contributed by atoms with Crippen LogP contribution in [-0.4, -0.2) is 90.7 Å². The number of nitrogens with two attached hydrogens (primary N) is 2. The fourth-order valence-electron chi connectivity index (χ4n) is 2.59. The second kappa shape index (κ2) is 22.9. The Morgan fingerprint density at radius 2 is 1.29 bits per heavy atom. The number of carbonyl (C=O) groups is 4. The molecule has 0 aliphatic rings. The number of ketones is 1. The Balaban J connectivity index is -0.0000000591. The maximum absolute atomic E-state index is 11.5. The van der Waals surface area contributed by atoms with Crippen molar-refractivity contribution in [1.82, 2.24) is 15.1 Å². The summed E-state index contributed by atoms with van der Waals surface area (Å²) < 4.78 is 0. The Morgan fingerprint density at radius 3 is 1.56 bits per heavy atom. The maximum Gasteiger partial charge on any atom is 2.00 e. The molecule has 204 valence electrons. The van der Waals surface area contributed by atoms with Crippen LogP contribution < -0.4 is 16.8 Å². The summed E-state index contributed by atoms with van der Waals surface area (Å²) in [4.78, 5) is 47.7. The largest absolute Gasteiger partial charge is 2.00 e. The van der Waals surface area contributed by atoms with E-state index in [1.165, 1.54) is 21.0 Å². The third kappa shape index (κ3) is 17.6. The van der Waals surface area contributed by atoms with Crippen molar-refractivity contribution in [1.29, 1.82) is 0 Å². The molecular weight excluding hydrogens is 431 g/mol. The van der Waals surface area contributed by atoms with Crippen LogP contribution in [0.3, 0.4) is 0 Å². The van der Waals surface area contributed by atoms with E-state index in [0.717, 1.165) is 0 Å². The SMILES string of the molecule is C.CC(=O)C(C)C(C)(C)C(C)(C)N(C)C(C)=O.CC(=O)NCCCC(=O)N(C)C.CN.CN.[Be+2].[H-].[H-]. The molecule has 0 aromatic carbocycles. The van der Waals surface area contributed by atoms with Crippen LogP contribution in [0.15, 0.2) is 0 Å². The summed E-state index contributed by atoms with van der Waals surface area (Å²) in [6.45, 7) is 15.2. The Morgan fingerprint density at radius 1 is 0.912 bits per heavy atom. The molecule has 0 radical (unpaired) electrons. The summed E-state index contributed by atoms with van der Waals surface area (Å²) in [5.74, 6) is 0.154. The van der Waals surface area contributed by atoms with Crippen LogP contribution in [0.4, 0.5) is 0 Å². The molecule has 0 aromatic rings. The summed E-state index contributed by atoms with van der Waals surface area (Å²) in [7, 11) is 8.23. The Hall–Kier alpha value is -1.83. The van der Waals surface area contributed by atoms with E-state index in [0.29, 0.717) is 19.4 Å². The van der Waals surface area contributed by atoms with Gasteiger partial charge in [-0.2, -0.15) is 0 Å². The van der Waals surface area contributed by atoms with Crippen molar-refractivity contribution in [3.8, 4) is 0 Å². The van der Waals surface area contributed by atoms with Gasteiger partial charge in [-0.3, -0.25) is 19.2 Å². The van der Waals surface area contributed by atoms with Gasteiger partial charge in [0.1, 0.15) is 5.78 Å². The van der Waals surface area contributed by atoms with Gasteiger partial charge >= 0.3 is 10.1 Å². The van der Waals surface area contributed by atoms with E-state index >= 15 is 0 Å². The van der Waals surface area contributed by atoms with Gasteiger partial charge in [-0.15, -0.1) is 0 Å². The van der Waals surface area contributed by atoms with Crippen molar-refractivity contribution in [2.45, 2.75) is 81.2 Å². The van der Waals surface area contributed by atoms with Crippen LogP contribution in [0.25, 0.3) is 0 Å². The summed E-state index contributed by atoms with van der Waals surface area (Å²) in [6, 6.07) is 0. The molecule has 0 saturated carbocycles. The van der Waals surface area contributed by atoms with Crippen LogP contribution in [0, 0.1) is 11.3 Å². The van der Waals surface area contributed by atoms with E-state index in [-0.39, 0.29) is 60.8 Å². The standard InChI is InChI=1S/C13H25NO2.C8H16N2O2.2CH5N.CH4.Be.2H/c1-9(10(2)15)12(4,5)13(6,7)14(8)11(3)16;1-7(11)9-6-4-5-8(12)10(2)3;2*1-2;;;;/h9H,1-8H3;4-6H2,1-3H3,(H,9,11);2*2H2,1H3;1H4;;;/q;;;;;+2;2*-1. The molecule has 0 bridgehead atoms. The number of nitrogens with zero attached hydrogens (tertiary/aromatic N) is 2. The van der Waals surface area contributed by atoms with Gasteiger partial charge in [-0.1, -0.05) is 28.2 Å². The van der Waals surface area contributed by atoms with Crippen LogP contribution in [0.2, 0.25) is 0 Å². The van der Waals surface area contributed by atoms with E-state index in [1.807, 2.05) is 34.6 Å². The molecule has 0 heterocycles. The first-order valence-corrected chi connectivity index (χ1v) is 10.8. The molecule has 5 N–H and O–H groups in total. The monoisotopic (exact) mass is 488 g/mol. The van der Waals surface area contributed by atoms with Gasteiger partial charge in [0.25, 0.3) is 0 Å². The number of carbonyl (C=O) groups excluding carboxylic acids is 4. The van der Waals surface area contributed by atoms with E-state index in [4.69, 9.17) is 0 Å². The fourth-order valence-corrected chi connectivity index (χ4v) is 2.59. The van der Waals surface area contributed by atoms with Crippen molar-refractivity contribution in [2.75, 3.05) is 41.8 Å². The summed E-state index contributed by atoms with van der Waals surface area (Å²) in [5, 5.41) is 2.63. The summed E-state index contributed by atoms with van der Waals surface area (Å²) >= 11 is 0. The zero-order valence-corrected chi connectivity index (χ0v) is 23.6. The molecular formula is C24H57BeN5O4. The minimum Gasteiger partial charge on any atom is -1.00 e. The van der Waals surface area contributed by atoms with Crippen LogP contribution in [-0.2, 0) is 19.2 Å². The van der Waals surface area contributed by atoms with Crippen molar-refractivity contribution in [2.24, 2.45) is 22.8 Å². The maximum atomic E-state index is 11.5. The predicted molar refractivity (Wildman–Crippen MR) is 148 cm³/mol. The molecule has 0 aromatic heterocycles. The molecule has 9 nitrogen and oxygen atoms in total. The van der Waals surface area contributed by atoms with E-state index < -0.39 is 0 Å². The molecule has 34 heavy (non-hydrogen) atoms. The predicted octanol–water partition coefficient (Wildman–Crippen LogP) is 2.12. The first kappa shape index (κ1) is 45.6. The van der Waals surface area contributed by atoms with Gasteiger partial charge in [0.15, 0.2) is 0 Å². The van der Waals surface area contributed by atoms with Gasteiger partial charge in [0.05, 0.1) is 0 Å². The molecule has 0 rings (SSSR count). The minimum atomic E-state index is -0.357. The third-order valence-electron chi connectivity index (χ3n) is 6.02. The number of hydrogen-bond acceptors (Lipinski definition) is 6. The number of nitrogens with one attached hydrogen (secondary N) is 1. The summed E-state index contributed by atoms with van der Waals surface area (Å²) in [6.07, 6.45) is 1.20. The molecule has 1 atom stereocenters. The van der Waals surface area contributed by atoms with Gasteiger partial charge in [-0.25, -0.2) is 0 Å². The molecule has 10 heteroatoms. The van der Waals surface area contributed by atoms with Crippen molar-refractivity contribution < 1.29 is 22.0 Å². The first-order chi connectivity index (χ1) is 14.5. The number of amides is 3. The van der Waals surface area contributed by atoms with Gasteiger partial charge < -0.3 is 29.4 Å².